The molecule has 2 bridgehead atoms. The maximum Gasteiger partial charge on any atom is 0.408 e. The molecule has 3 aliphatic carbocycles. The van der Waals surface area contributed by atoms with Crippen molar-refractivity contribution in [1.29, 1.82) is 0 Å². The van der Waals surface area contributed by atoms with Gasteiger partial charge >= 0.3 is 18.0 Å². The molecule has 0 radical (unpaired) electrons. The minimum Gasteiger partial charge on any atom is -0.456 e. The highest BCUT2D eigenvalue weighted by Gasteiger charge is 2.73. The van der Waals surface area contributed by atoms with Crippen molar-refractivity contribution in [2.24, 2.45) is 28.1 Å². The normalized spacial score (nSPS) is 37.4. The third-order valence-electron chi connectivity index (χ3n) is 12.2. The highest BCUT2D eigenvalue weighted by atomic mass is 16.6. The number of benzene rings is 1. The third kappa shape index (κ3) is 5.95. The number of ether oxygens (including phenoxy) is 4. The lowest BCUT2D eigenvalue weighted by atomic mass is 9.40. The average Bonchev–Trinajstić information content (AvgIpc) is 3.01. The van der Waals surface area contributed by atoms with E-state index in [1.54, 1.807) is 78.8 Å². The van der Waals surface area contributed by atoms with Crippen LogP contribution in [0, 0.1) is 28.1 Å². The van der Waals surface area contributed by atoms with Crippen molar-refractivity contribution < 1.29 is 53.4 Å². The summed E-state index contributed by atoms with van der Waals surface area (Å²) in [6.07, 6.45) is -6.79. The highest BCUT2D eigenvalue weighted by molar-refractivity contribution is 5.95. The predicted molar refractivity (Wildman–Crippen MR) is 180 cm³/mol. The van der Waals surface area contributed by atoms with E-state index in [1.165, 1.54) is 6.92 Å². The average molecular weight is 700 g/mol. The summed E-state index contributed by atoms with van der Waals surface area (Å²) in [5.74, 6) is -3.58. The molecule has 12 heteroatoms. The highest BCUT2D eigenvalue weighted by Crippen LogP contribution is 2.67. The van der Waals surface area contributed by atoms with E-state index in [0.717, 1.165) is 0 Å². The largest absolute Gasteiger partial charge is 0.456 e. The molecule has 1 aliphatic heterocycles. The molecule has 12 nitrogen and oxygen atoms in total. The Morgan fingerprint density at radius 3 is 2.22 bits per heavy atom. The molecule has 11 atom stereocenters. The summed E-state index contributed by atoms with van der Waals surface area (Å²) >= 11 is 0. The van der Waals surface area contributed by atoms with E-state index in [0.29, 0.717) is 17.7 Å². The lowest BCUT2D eigenvalue weighted by Crippen LogP contribution is -2.75. The molecule has 0 spiro atoms. The van der Waals surface area contributed by atoms with Gasteiger partial charge in [-0.25, -0.2) is 9.59 Å². The van der Waals surface area contributed by atoms with Crippen molar-refractivity contribution in [1.82, 2.24) is 5.32 Å². The number of esters is 2. The molecule has 2 saturated carbocycles. The van der Waals surface area contributed by atoms with E-state index >= 15 is 0 Å². The Hall–Kier alpha value is -3.32. The fourth-order valence-corrected chi connectivity index (χ4v) is 9.60. The molecule has 4 N–H and O–H groups in total. The van der Waals surface area contributed by atoms with Crippen LogP contribution in [-0.2, 0) is 33.3 Å². The number of aliphatic hydroxyl groups excluding tert-OH is 2. The Morgan fingerprint density at radius 2 is 1.68 bits per heavy atom. The Bertz CT molecular complexity index is 1570. The number of amides is 1. The van der Waals surface area contributed by atoms with Crippen molar-refractivity contribution in [2.75, 3.05) is 6.61 Å². The summed E-state index contributed by atoms with van der Waals surface area (Å²) in [5.41, 5.74) is -4.63. The van der Waals surface area contributed by atoms with Gasteiger partial charge in [-0.2, -0.15) is 0 Å². The second kappa shape index (κ2) is 12.7. The Labute approximate surface area is 293 Å². The summed E-state index contributed by atoms with van der Waals surface area (Å²) in [7, 11) is 0. The van der Waals surface area contributed by atoms with Gasteiger partial charge in [-0.05, 0) is 63.2 Å². The number of Topliss-reactive ketones (excluding diaryl/α,β-unsaturated/α-hetero) is 1. The zero-order chi connectivity index (χ0) is 37.4. The first-order valence-electron chi connectivity index (χ1n) is 17.4. The van der Waals surface area contributed by atoms with E-state index in [4.69, 9.17) is 18.9 Å². The molecule has 1 unspecified atom stereocenters. The minimum absolute atomic E-state index is 0.115. The topological polar surface area (TPSA) is 178 Å². The molecule has 4 aliphatic rings. The number of rotatable bonds is 6. The molecule has 276 valence electrons. The van der Waals surface area contributed by atoms with Gasteiger partial charge in [-0.1, -0.05) is 58.0 Å². The van der Waals surface area contributed by atoms with Gasteiger partial charge in [0.1, 0.15) is 11.7 Å². The van der Waals surface area contributed by atoms with Crippen molar-refractivity contribution in [3.63, 3.8) is 0 Å². The van der Waals surface area contributed by atoms with Gasteiger partial charge in [-0.15, -0.1) is 0 Å². The molecule has 3 fully saturated rings. The number of alkyl carbamates (subject to hydrolysis) is 1. The number of hydrogen-bond acceptors (Lipinski definition) is 11. The third-order valence-corrected chi connectivity index (χ3v) is 12.2. The Kier molecular flexibility index (Phi) is 9.65. The van der Waals surface area contributed by atoms with Crippen LogP contribution >= 0.6 is 0 Å². The number of carbonyl (C=O) groups is 4. The van der Waals surface area contributed by atoms with Gasteiger partial charge in [0.2, 0.25) is 0 Å². The molecular weight excluding hydrogens is 646 g/mol. The molecular formula is C38H53NO11. The molecule has 5 rings (SSSR count). The molecule has 0 aromatic heterocycles. The zero-order valence-electron chi connectivity index (χ0n) is 30.7. The van der Waals surface area contributed by atoms with Gasteiger partial charge in [0, 0.05) is 30.6 Å². The fraction of sp³-hybridized carbons (Fsp3) is 0.684. The molecule has 1 amide bonds. The van der Waals surface area contributed by atoms with Crippen LogP contribution in [0.25, 0.3) is 0 Å². The molecule has 1 heterocycles. The molecule has 1 aromatic carbocycles. The van der Waals surface area contributed by atoms with Crippen LogP contribution in [0.4, 0.5) is 4.79 Å². The van der Waals surface area contributed by atoms with E-state index in [-0.39, 0.29) is 24.5 Å². The summed E-state index contributed by atoms with van der Waals surface area (Å²) in [4.78, 5) is 54.3. The number of ketones is 1. The van der Waals surface area contributed by atoms with Crippen LogP contribution in [0.2, 0.25) is 0 Å². The van der Waals surface area contributed by atoms with Gasteiger partial charge < -0.3 is 39.6 Å². The number of fused-ring (bicyclic) bond motifs is 5. The lowest BCUT2D eigenvalue weighted by molar-refractivity contribution is -0.302. The summed E-state index contributed by atoms with van der Waals surface area (Å²) < 4.78 is 23.1. The summed E-state index contributed by atoms with van der Waals surface area (Å²) in [6, 6.07) is 7.16. The Balaban J connectivity index is 1.59. The standard InChI is InChI=1S/C38H53NO11/c1-19-23(49-32(44)28(42)27(22-14-12-11-13-15-22)39-33(45)50-34(4,5)6)17-38(46)20(2)30-36(9)18-47-25(36)16-24(41)37(30,10)31(43)29(48-21(3)40)26(19)35(38,7)8/h11-15,20,23-25,27-30,41-42,46H,16-18H2,1-10H3,(H,39,45)/t20-,23-,24-,25+,27-,28+,29+,30?,36+,37+,38+/m0/s1. The zero-order valence-corrected chi connectivity index (χ0v) is 30.7. The van der Waals surface area contributed by atoms with Crippen LogP contribution < -0.4 is 5.32 Å². The number of hydrogen-bond donors (Lipinski definition) is 4. The van der Waals surface area contributed by atoms with Crippen LogP contribution in [0.5, 0.6) is 0 Å². The maximum atomic E-state index is 14.9. The Morgan fingerprint density at radius 1 is 1.06 bits per heavy atom. The van der Waals surface area contributed by atoms with Gasteiger partial charge in [0.25, 0.3) is 0 Å². The second-order valence-electron chi connectivity index (χ2n) is 16.7. The number of nitrogens with one attached hydrogen (secondary N) is 1. The van der Waals surface area contributed by atoms with Crippen LogP contribution in [0.15, 0.2) is 41.5 Å². The smallest absolute Gasteiger partial charge is 0.408 e. The van der Waals surface area contributed by atoms with Gasteiger partial charge in [0.05, 0.1) is 35.9 Å². The van der Waals surface area contributed by atoms with Crippen LogP contribution in [-0.4, -0.2) is 87.5 Å². The van der Waals surface area contributed by atoms with Gasteiger partial charge in [-0.3, -0.25) is 9.59 Å². The molecule has 1 aromatic rings. The first kappa shape index (κ1) is 37.9. The van der Waals surface area contributed by atoms with Crippen LogP contribution in [0.1, 0.15) is 93.7 Å². The SMILES string of the molecule is CC(=O)O[C@H]1C(=O)[C@@]2(C)C([C@H](C)[C@]3(O)C[C@H](OC(=O)[C@H](O)[C@@H](NC(=O)OC(C)(C)C)c4ccccc4)C(C)=C1C3(C)C)[C@]1(C)CO[C@@H]1C[C@@H]2O. The van der Waals surface area contributed by atoms with Gasteiger partial charge in [0.15, 0.2) is 18.0 Å². The minimum atomic E-state index is -1.90. The lowest BCUT2D eigenvalue weighted by Gasteiger charge is -2.68. The predicted octanol–water partition coefficient (Wildman–Crippen LogP) is 3.95. The van der Waals surface area contributed by atoms with Crippen molar-refractivity contribution in [3.05, 3.63) is 47.0 Å². The number of carbonyl (C=O) groups excluding carboxylic acids is 4. The molecule has 50 heavy (non-hydrogen) atoms. The van der Waals surface area contributed by atoms with E-state index in [9.17, 15) is 34.5 Å². The fourth-order valence-electron chi connectivity index (χ4n) is 9.60. The van der Waals surface area contributed by atoms with Crippen molar-refractivity contribution >= 4 is 23.8 Å². The van der Waals surface area contributed by atoms with E-state index in [2.05, 4.69) is 5.32 Å². The summed E-state index contributed by atoms with van der Waals surface area (Å²) in [6.45, 7) is 17.3. The first-order valence-corrected chi connectivity index (χ1v) is 17.4. The van der Waals surface area contributed by atoms with Crippen molar-refractivity contribution in [2.45, 2.75) is 130 Å². The summed E-state index contributed by atoms with van der Waals surface area (Å²) in [5, 5.41) is 38.7. The second-order valence-corrected chi connectivity index (χ2v) is 16.7. The maximum absolute atomic E-state index is 14.9. The quantitative estimate of drug-likeness (QED) is 0.192. The molecule has 1 saturated heterocycles. The monoisotopic (exact) mass is 699 g/mol. The van der Waals surface area contributed by atoms with E-state index in [1.807, 2.05) is 13.8 Å². The number of aliphatic hydroxyl groups is 3. The van der Waals surface area contributed by atoms with Crippen molar-refractivity contribution in [3.8, 4) is 0 Å². The van der Waals surface area contributed by atoms with E-state index < -0.39 is 93.6 Å². The first-order chi connectivity index (χ1) is 23.0. The van der Waals surface area contributed by atoms with Crippen LogP contribution in [0.3, 0.4) is 0 Å².